The quantitative estimate of drug-likeness (QED) is 0.0492. The number of hydrogen-bond donors (Lipinski definition) is 4. The van der Waals surface area contributed by atoms with E-state index in [1.54, 1.807) is 0 Å². The number of nitrogens with one attached hydrogen (secondary N) is 3. The highest BCUT2D eigenvalue weighted by Crippen LogP contribution is 2.38. The molecule has 4 N–H and O–H groups in total. The molecule has 234 valence electrons. The Morgan fingerprint density at radius 2 is 0.800 bits per heavy atom. The van der Waals surface area contributed by atoms with E-state index in [0.717, 1.165) is 60.9 Å². The molecule has 0 bridgehead atoms. The van der Waals surface area contributed by atoms with Crippen LogP contribution in [0.2, 0.25) is 0 Å². The number of anilines is 3. The minimum Gasteiger partial charge on any atom is -0.506 e. The summed E-state index contributed by atoms with van der Waals surface area (Å²) >= 11 is 0. The first-order valence-corrected chi connectivity index (χ1v) is 17.4. The Labute approximate surface area is 250 Å². The van der Waals surface area contributed by atoms with Crippen LogP contribution in [0, 0.1) is 17.8 Å². The minimum atomic E-state index is 0.351. The molecule has 0 unspecified atom stereocenters. The van der Waals surface area contributed by atoms with Crippen molar-refractivity contribution in [2.24, 2.45) is 17.8 Å². The highest BCUT2D eigenvalue weighted by molar-refractivity contribution is 5.86. The highest BCUT2D eigenvalue weighted by atomic mass is 16.3. The molecule has 0 saturated heterocycles. The van der Waals surface area contributed by atoms with Crippen LogP contribution in [0.1, 0.15) is 157 Å². The van der Waals surface area contributed by atoms with E-state index in [1.807, 2.05) is 12.1 Å². The van der Waals surface area contributed by atoms with Gasteiger partial charge >= 0.3 is 0 Å². The van der Waals surface area contributed by atoms with Gasteiger partial charge in [0.15, 0.2) is 0 Å². The zero-order valence-electron chi connectivity index (χ0n) is 27.7. The van der Waals surface area contributed by atoms with Crippen LogP contribution in [0.5, 0.6) is 5.75 Å². The van der Waals surface area contributed by atoms with Gasteiger partial charge in [-0.3, -0.25) is 0 Å². The molecule has 0 atom stereocenters. The fraction of sp³-hybridized carbons (Fsp3) is 0.833. The molecule has 0 aromatic heterocycles. The fourth-order valence-electron chi connectivity index (χ4n) is 5.38. The zero-order chi connectivity index (χ0) is 29.4. The third-order valence-corrected chi connectivity index (χ3v) is 7.98. The van der Waals surface area contributed by atoms with Crippen molar-refractivity contribution >= 4 is 17.1 Å². The second-order valence-electron chi connectivity index (χ2n) is 13.5. The van der Waals surface area contributed by atoms with E-state index in [1.165, 1.54) is 109 Å². The van der Waals surface area contributed by atoms with E-state index in [4.69, 9.17) is 0 Å². The smallest absolute Gasteiger partial charge is 0.140 e. The van der Waals surface area contributed by atoms with Gasteiger partial charge in [-0.15, -0.1) is 0 Å². The van der Waals surface area contributed by atoms with Crippen molar-refractivity contribution in [1.29, 1.82) is 0 Å². The molecular weight excluding hydrogens is 490 g/mol. The SMILES string of the molecule is CC(C)CCCCCCCNc1ccc(O)c(NCCCCCCCC(C)C)c1NCCCCCCCC(C)C. The van der Waals surface area contributed by atoms with Crippen LogP contribution in [0.25, 0.3) is 0 Å². The summed E-state index contributed by atoms with van der Waals surface area (Å²) in [6.45, 7) is 16.7. The third kappa shape index (κ3) is 19.5. The van der Waals surface area contributed by atoms with Gasteiger partial charge in [-0.2, -0.15) is 0 Å². The molecule has 1 rings (SSSR count). The van der Waals surface area contributed by atoms with E-state index in [-0.39, 0.29) is 0 Å². The van der Waals surface area contributed by atoms with Crippen molar-refractivity contribution in [3.05, 3.63) is 12.1 Å². The van der Waals surface area contributed by atoms with Crippen molar-refractivity contribution in [2.75, 3.05) is 35.6 Å². The third-order valence-electron chi connectivity index (χ3n) is 7.98. The number of phenols is 1. The highest BCUT2D eigenvalue weighted by Gasteiger charge is 2.13. The second-order valence-corrected chi connectivity index (χ2v) is 13.5. The lowest BCUT2D eigenvalue weighted by Gasteiger charge is -2.20. The summed E-state index contributed by atoms with van der Waals surface area (Å²) in [5.74, 6) is 2.81. The Morgan fingerprint density at radius 1 is 0.450 bits per heavy atom. The van der Waals surface area contributed by atoms with Crippen molar-refractivity contribution in [2.45, 2.75) is 157 Å². The van der Waals surface area contributed by atoms with Gasteiger partial charge in [-0.25, -0.2) is 0 Å². The molecule has 0 spiro atoms. The molecule has 4 heteroatoms. The van der Waals surface area contributed by atoms with Crippen molar-refractivity contribution in [3.8, 4) is 5.75 Å². The van der Waals surface area contributed by atoms with Crippen LogP contribution >= 0.6 is 0 Å². The van der Waals surface area contributed by atoms with Gasteiger partial charge in [0, 0.05) is 19.6 Å². The Kier molecular flexibility index (Phi) is 21.9. The Hall–Kier alpha value is -1.58. The first-order valence-electron chi connectivity index (χ1n) is 17.4. The molecular formula is C36H69N3O. The molecule has 0 saturated carbocycles. The molecule has 0 fully saturated rings. The molecule has 0 radical (unpaired) electrons. The van der Waals surface area contributed by atoms with Gasteiger partial charge < -0.3 is 21.1 Å². The lowest BCUT2D eigenvalue weighted by atomic mass is 10.0. The van der Waals surface area contributed by atoms with Crippen LogP contribution in [-0.2, 0) is 0 Å². The van der Waals surface area contributed by atoms with Crippen LogP contribution in [0.3, 0.4) is 0 Å². The van der Waals surface area contributed by atoms with Crippen molar-refractivity contribution < 1.29 is 5.11 Å². The van der Waals surface area contributed by atoms with Gasteiger partial charge in [0.1, 0.15) is 11.4 Å². The average molecular weight is 560 g/mol. The lowest BCUT2D eigenvalue weighted by molar-refractivity contribution is 0.477. The van der Waals surface area contributed by atoms with E-state index in [2.05, 4.69) is 57.5 Å². The summed E-state index contributed by atoms with van der Waals surface area (Å²) in [7, 11) is 0. The molecule has 0 aliphatic carbocycles. The van der Waals surface area contributed by atoms with Crippen LogP contribution < -0.4 is 16.0 Å². The maximum Gasteiger partial charge on any atom is 0.140 e. The minimum absolute atomic E-state index is 0.351. The molecule has 1 aromatic rings. The predicted octanol–water partition coefficient (Wildman–Crippen LogP) is 11.6. The Balaban J connectivity index is 2.57. The summed E-state index contributed by atoms with van der Waals surface area (Å²) in [5.41, 5.74) is 3.04. The zero-order valence-corrected chi connectivity index (χ0v) is 27.7. The topological polar surface area (TPSA) is 56.3 Å². The first-order chi connectivity index (χ1) is 19.3. The van der Waals surface area contributed by atoms with Crippen LogP contribution in [0.15, 0.2) is 12.1 Å². The number of phenolic OH excluding ortho intramolecular Hbond substituents is 1. The van der Waals surface area contributed by atoms with E-state index >= 15 is 0 Å². The number of aromatic hydroxyl groups is 1. The largest absolute Gasteiger partial charge is 0.506 e. The average Bonchev–Trinajstić information content (AvgIpc) is 2.90. The first kappa shape index (κ1) is 36.4. The van der Waals surface area contributed by atoms with Crippen LogP contribution in [0.4, 0.5) is 17.1 Å². The van der Waals surface area contributed by atoms with Crippen LogP contribution in [-0.4, -0.2) is 24.7 Å². The second kappa shape index (κ2) is 24.1. The van der Waals surface area contributed by atoms with Gasteiger partial charge in [-0.1, -0.05) is 138 Å². The maximum absolute atomic E-state index is 10.8. The Bertz CT molecular complexity index is 716. The fourth-order valence-corrected chi connectivity index (χ4v) is 5.38. The Morgan fingerprint density at radius 3 is 1.23 bits per heavy atom. The molecule has 0 amide bonds. The number of benzene rings is 1. The lowest BCUT2D eigenvalue weighted by Crippen LogP contribution is -2.12. The number of unbranched alkanes of at least 4 members (excludes halogenated alkanes) is 12. The summed E-state index contributed by atoms with van der Waals surface area (Å²) in [6, 6.07) is 3.90. The summed E-state index contributed by atoms with van der Waals surface area (Å²) in [5, 5.41) is 21.8. The van der Waals surface area contributed by atoms with E-state index < -0.39 is 0 Å². The predicted molar refractivity (Wildman–Crippen MR) is 181 cm³/mol. The molecule has 1 aromatic carbocycles. The molecule has 0 aliphatic rings. The van der Waals surface area contributed by atoms with Crippen molar-refractivity contribution in [3.63, 3.8) is 0 Å². The molecule has 0 aliphatic heterocycles. The monoisotopic (exact) mass is 560 g/mol. The van der Waals surface area contributed by atoms with Crippen molar-refractivity contribution in [1.82, 2.24) is 0 Å². The normalized spacial score (nSPS) is 11.6. The van der Waals surface area contributed by atoms with E-state index in [0.29, 0.717) is 5.75 Å². The molecule has 0 heterocycles. The summed E-state index contributed by atoms with van der Waals surface area (Å²) in [6.07, 6.45) is 23.4. The maximum atomic E-state index is 10.8. The number of hydrogen-bond acceptors (Lipinski definition) is 4. The van der Waals surface area contributed by atoms with Gasteiger partial charge in [0.25, 0.3) is 0 Å². The summed E-state index contributed by atoms with van der Waals surface area (Å²) in [4.78, 5) is 0. The summed E-state index contributed by atoms with van der Waals surface area (Å²) < 4.78 is 0. The van der Waals surface area contributed by atoms with Gasteiger partial charge in [-0.05, 0) is 49.1 Å². The van der Waals surface area contributed by atoms with E-state index in [9.17, 15) is 5.11 Å². The van der Waals surface area contributed by atoms with Gasteiger partial charge in [0.2, 0.25) is 0 Å². The molecule has 4 nitrogen and oxygen atoms in total. The standard InChI is InChI=1S/C36H69N3O/c1-30(2)22-16-10-7-13-19-27-37-33-25-26-34(40)36(39-29-21-15-9-12-18-24-32(5)6)35(33)38-28-20-14-8-11-17-23-31(3)4/h25-26,30-32,37-40H,7-24,27-29H2,1-6H3. The van der Waals surface area contributed by atoms with Gasteiger partial charge in [0.05, 0.1) is 11.4 Å². The number of rotatable bonds is 27. The molecule has 40 heavy (non-hydrogen) atoms.